The number of amides is 2. The predicted octanol–water partition coefficient (Wildman–Crippen LogP) is 3.90. The number of carbonyl (C=O) groups is 2. The molecule has 2 amide bonds. The fourth-order valence-electron chi connectivity index (χ4n) is 3.06. The van der Waals surface area contributed by atoms with Gasteiger partial charge < -0.3 is 15.6 Å². The van der Waals surface area contributed by atoms with Crippen LogP contribution in [0, 0.1) is 0 Å². The van der Waals surface area contributed by atoms with E-state index in [4.69, 9.17) is 17.3 Å². The molecule has 0 aliphatic carbocycles. The van der Waals surface area contributed by atoms with E-state index in [0.717, 1.165) is 12.1 Å². The van der Waals surface area contributed by atoms with Gasteiger partial charge in [0.15, 0.2) is 0 Å². The Morgan fingerprint density at radius 2 is 1.74 bits per heavy atom. The highest BCUT2D eigenvalue weighted by molar-refractivity contribution is 6.35. The first-order chi connectivity index (χ1) is 14.5. The highest BCUT2D eigenvalue weighted by atomic mass is 35.5. The van der Waals surface area contributed by atoms with Crippen molar-refractivity contribution in [1.29, 1.82) is 0 Å². The summed E-state index contributed by atoms with van der Waals surface area (Å²) in [6.45, 7) is 1.48. The van der Waals surface area contributed by atoms with Crippen molar-refractivity contribution in [2.45, 2.75) is 25.6 Å². The van der Waals surface area contributed by atoms with Crippen LogP contribution in [0.2, 0.25) is 5.02 Å². The van der Waals surface area contributed by atoms with Gasteiger partial charge in [0, 0.05) is 17.0 Å². The summed E-state index contributed by atoms with van der Waals surface area (Å²) in [6.07, 6.45) is -3.28. The van der Waals surface area contributed by atoms with E-state index >= 15 is 0 Å². The Hall–Kier alpha value is -3.33. The van der Waals surface area contributed by atoms with Gasteiger partial charge in [0.05, 0.1) is 22.7 Å². The lowest BCUT2D eigenvalue weighted by atomic mass is 10.1. The predicted molar refractivity (Wildman–Crippen MR) is 111 cm³/mol. The van der Waals surface area contributed by atoms with Crippen LogP contribution >= 0.6 is 11.6 Å². The highest BCUT2D eigenvalue weighted by Crippen LogP contribution is 2.31. The van der Waals surface area contributed by atoms with Gasteiger partial charge in [0.25, 0.3) is 5.56 Å². The van der Waals surface area contributed by atoms with Crippen LogP contribution < -0.4 is 16.6 Å². The molecule has 0 aliphatic rings. The molecule has 3 rings (SSSR count). The average Bonchev–Trinajstić information content (AvgIpc) is 2.69. The minimum absolute atomic E-state index is 0.174. The molecule has 1 aromatic heterocycles. The van der Waals surface area contributed by atoms with Crippen LogP contribution in [-0.4, -0.2) is 16.4 Å². The molecular formula is C21H17ClF3N3O3. The lowest BCUT2D eigenvalue weighted by Gasteiger charge is -2.15. The second kappa shape index (κ2) is 8.43. The van der Waals surface area contributed by atoms with Crippen molar-refractivity contribution < 1.29 is 22.8 Å². The van der Waals surface area contributed by atoms with Crippen LogP contribution in [-0.2, 0) is 22.2 Å². The number of carbonyl (C=O) groups excluding carboxylic acids is 2. The quantitative estimate of drug-likeness (QED) is 0.616. The molecule has 1 atom stereocenters. The van der Waals surface area contributed by atoms with Gasteiger partial charge >= 0.3 is 6.18 Å². The molecule has 3 aromatic rings. The van der Waals surface area contributed by atoms with E-state index in [0.29, 0.717) is 10.9 Å². The first kappa shape index (κ1) is 22.4. The Balaban J connectivity index is 1.89. The zero-order valence-corrected chi connectivity index (χ0v) is 16.9. The number of alkyl halides is 3. The Labute approximate surface area is 179 Å². The topological polar surface area (TPSA) is 94.2 Å². The van der Waals surface area contributed by atoms with Crippen LogP contribution in [0.4, 0.5) is 18.9 Å². The van der Waals surface area contributed by atoms with Gasteiger partial charge in [-0.05, 0) is 42.8 Å². The smallest absolute Gasteiger partial charge is 0.368 e. The number of nitrogens with one attached hydrogen (secondary N) is 1. The third kappa shape index (κ3) is 4.72. The minimum atomic E-state index is -4.46. The normalized spacial score (nSPS) is 12.5. The minimum Gasteiger partial charge on any atom is -0.368 e. The third-order valence-electron chi connectivity index (χ3n) is 4.80. The number of fused-ring (bicyclic) bond motifs is 1. The molecule has 10 heteroatoms. The van der Waals surface area contributed by atoms with Gasteiger partial charge in [0.2, 0.25) is 11.8 Å². The standard InChI is InChI=1S/C21H17ClF3N3O3/c1-11(19(26)30)28-9-8-14-15(20(28)31)6-7-16(22)18(14)27-17(29)10-12-2-4-13(5-3-12)21(23,24)25/h2-9,11H,10H2,1H3,(H2,26,30)(H,27,29). The highest BCUT2D eigenvalue weighted by Gasteiger charge is 2.30. The van der Waals surface area contributed by atoms with Gasteiger partial charge in [-0.2, -0.15) is 13.2 Å². The molecule has 2 aromatic carbocycles. The van der Waals surface area contributed by atoms with E-state index in [-0.39, 0.29) is 22.5 Å². The van der Waals surface area contributed by atoms with E-state index in [9.17, 15) is 27.6 Å². The molecule has 3 N–H and O–H groups in total. The lowest BCUT2D eigenvalue weighted by Crippen LogP contribution is -2.31. The molecule has 31 heavy (non-hydrogen) atoms. The van der Waals surface area contributed by atoms with Crippen molar-refractivity contribution in [3.05, 3.63) is 75.2 Å². The zero-order valence-electron chi connectivity index (χ0n) is 16.2. The summed E-state index contributed by atoms with van der Waals surface area (Å²) in [5, 5.41) is 3.35. The summed E-state index contributed by atoms with van der Waals surface area (Å²) in [5.41, 5.74) is 4.53. The van der Waals surface area contributed by atoms with Crippen molar-refractivity contribution in [1.82, 2.24) is 4.57 Å². The number of nitrogens with two attached hydrogens (primary N) is 1. The maximum absolute atomic E-state index is 12.7. The molecule has 0 aliphatic heterocycles. The summed E-state index contributed by atoms with van der Waals surface area (Å²) in [7, 11) is 0. The Morgan fingerprint density at radius 3 is 2.32 bits per heavy atom. The largest absolute Gasteiger partial charge is 0.416 e. The number of rotatable bonds is 5. The van der Waals surface area contributed by atoms with E-state index < -0.39 is 35.2 Å². The molecular weight excluding hydrogens is 435 g/mol. The fraction of sp³-hybridized carbons (Fsp3) is 0.190. The lowest BCUT2D eigenvalue weighted by molar-refractivity contribution is -0.137. The number of aromatic nitrogens is 1. The molecule has 0 saturated heterocycles. The van der Waals surface area contributed by atoms with Gasteiger partial charge in [0.1, 0.15) is 6.04 Å². The number of primary amides is 1. The molecule has 162 valence electrons. The van der Waals surface area contributed by atoms with Crippen molar-refractivity contribution in [2.75, 3.05) is 5.32 Å². The third-order valence-corrected chi connectivity index (χ3v) is 5.12. The van der Waals surface area contributed by atoms with Crippen LogP contribution in [0.25, 0.3) is 10.8 Å². The molecule has 0 spiro atoms. The average molecular weight is 452 g/mol. The monoisotopic (exact) mass is 451 g/mol. The molecule has 0 saturated carbocycles. The first-order valence-electron chi connectivity index (χ1n) is 9.07. The van der Waals surface area contributed by atoms with Crippen LogP contribution in [0.3, 0.4) is 0 Å². The van der Waals surface area contributed by atoms with E-state index in [1.54, 1.807) is 0 Å². The molecule has 6 nitrogen and oxygen atoms in total. The summed E-state index contributed by atoms with van der Waals surface area (Å²) in [6, 6.07) is 7.79. The van der Waals surface area contributed by atoms with Gasteiger partial charge in [-0.1, -0.05) is 23.7 Å². The Morgan fingerprint density at radius 1 is 1.10 bits per heavy atom. The second-order valence-corrected chi connectivity index (χ2v) is 7.32. The number of nitrogens with zero attached hydrogens (tertiary/aromatic N) is 1. The van der Waals surface area contributed by atoms with Crippen molar-refractivity contribution >= 4 is 39.9 Å². The van der Waals surface area contributed by atoms with E-state index in [1.807, 2.05) is 0 Å². The number of hydrogen-bond acceptors (Lipinski definition) is 3. The Bertz CT molecular complexity index is 1220. The SMILES string of the molecule is CC(C(N)=O)n1ccc2c(NC(=O)Cc3ccc(C(F)(F)F)cc3)c(Cl)ccc2c1=O. The first-order valence-corrected chi connectivity index (χ1v) is 9.45. The Kier molecular flexibility index (Phi) is 6.08. The van der Waals surface area contributed by atoms with E-state index in [2.05, 4.69) is 5.32 Å². The van der Waals surface area contributed by atoms with Gasteiger partial charge in [-0.25, -0.2) is 0 Å². The molecule has 0 bridgehead atoms. The van der Waals surface area contributed by atoms with Crippen LogP contribution in [0.15, 0.2) is 53.5 Å². The van der Waals surface area contributed by atoms with Gasteiger partial charge in [-0.3, -0.25) is 14.4 Å². The van der Waals surface area contributed by atoms with Gasteiger partial charge in [-0.15, -0.1) is 0 Å². The fourth-order valence-corrected chi connectivity index (χ4v) is 3.28. The molecule has 1 heterocycles. The number of pyridine rings is 1. The number of anilines is 1. The van der Waals surface area contributed by atoms with Crippen molar-refractivity contribution in [3.8, 4) is 0 Å². The maximum Gasteiger partial charge on any atom is 0.416 e. The number of halogens is 4. The second-order valence-electron chi connectivity index (χ2n) is 6.91. The zero-order chi connectivity index (χ0) is 22.9. The maximum atomic E-state index is 12.7. The molecule has 0 fully saturated rings. The molecule has 1 unspecified atom stereocenters. The molecule has 0 radical (unpaired) electrons. The van der Waals surface area contributed by atoms with Crippen molar-refractivity contribution in [3.63, 3.8) is 0 Å². The summed E-state index contributed by atoms with van der Waals surface area (Å²) in [5.74, 6) is -1.20. The number of benzene rings is 2. The van der Waals surface area contributed by atoms with Crippen LogP contribution in [0.5, 0.6) is 0 Å². The summed E-state index contributed by atoms with van der Waals surface area (Å²) < 4.78 is 39.2. The van der Waals surface area contributed by atoms with Crippen LogP contribution in [0.1, 0.15) is 24.1 Å². The summed E-state index contributed by atoms with van der Waals surface area (Å²) in [4.78, 5) is 36.6. The van der Waals surface area contributed by atoms with E-state index in [1.165, 1.54) is 48.0 Å². The summed E-state index contributed by atoms with van der Waals surface area (Å²) >= 11 is 6.20. The van der Waals surface area contributed by atoms with Crippen molar-refractivity contribution in [2.24, 2.45) is 5.73 Å². The number of hydrogen-bond donors (Lipinski definition) is 2.